The van der Waals surface area contributed by atoms with Gasteiger partial charge in [0.05, 0.1) is 11.7 Å². The first-order valence-electron chi connectivity index (χ1n) is 4.85. The molecule has 10 heteroatoms. The Labute approximate surface area is 111 Å². The lowest BCUT2D eigenvalue weighted by atomic mass is 10.1. The fraction of sp³-hybridized carbons (Fsp3) is 0. The fourth-order valence-corrected chi connectivity index (χ4v) is 1.39. The number of aromatic carboxylic acids is 1. The number of hydrogen-bond donors (Lipinski definition) is 3. The zero-order chi connectivity index (χ0) is 15.5. The first kappa shape index (κ1) is 15.8. The summed E-state index contributed by atoms with van der Waals surface area (Å²) in [6.45, 7) is 0. The standard InChI is InChI=1S/C10H6FNO3.H2O4S/c11-12-5-7(10(14)15)9(13)6-3-1-2-4-8(6)12;1-5(2,3)4/h1-5H,(H,14,15);(H2,1,2,3,4). The first-order chi connectivity index (χ1) is 9.11. The van der Waals surface area contributed by atoms with Crippen LogP contribution < -0.4 is 5.43 Å². The van der Waals surface area contributed by atoms with Crippen molar-refractivity contribution in [2.24, 2.45) is 0 Å². The van der Waals surface area contributed by atoms with Gasteiger partial charge in [-0.1, -0.05) is 16.6 Å². The fourth-order valence-electron chi connectivity index (χ4n) is 1.39. The van der Waals surface area contributed by atoms with Crippen molar-refractivity contribution in [3.63, 3.8) is 0 Å². The Kier molecular flexibility index (Phi) is 4.55. The Morgan fingerprint density at radius 1 is 1.20 bits per heavy atom. The zero-order valence-corrected chi connectivity index (χ0v) is 10.4. The molecule has 1 aromatic carbocycles. The molecule has 0 unspecified atom stereocenters. The predicted octanol–water partition coefficient (Wildman–Crippen LogP) is 0.779. The number of carboxylic acids is 1. The molecule has 108 valence electrons. The first-order valence-corrected chi connectivity index (χ1v) is 6.24. The van der Waals surface area contributed by atoms with Gasteiger partial charge in [-0.15, -0.1) is 0 Å². The largest absolute Gasteiger partial charge is 0.477 e. The van der Waals surface area contributed by atoms with E-state index in [1.807, 2.05) is 0 Å². The third-order valence-electron chi connectivity index (χ3n) is 2.10. The van der Waals surface area contributed by atoms with Crippen LogP contribution in [0.5, 0.6) is 0 Å². The molecule has 0 aliphatic rings. The molecule has 2 aromatic rings. The molecule has 3 N–H and O–H groups in total. The van der Waals surface area contributed by atoms with E-state index in [1.54, 1.807) is 12.1 Å². The average molecular weight is 305 g/mol. The SMILES string of the molecule is O=C(O)c1cn(F)c2ccccc2c1=O.O=S(=O)(O)O. The molecule has 0 saturated carbocycles. The molecular formula is C10H8FNO7S. The molecular weight excluding hydrogens is 297 g/mol. The molecule has 0 aliphatic heterocycles. The summed E-state index contributed by atoms with van der Waals surface area (Å²) in [6.07, 6.45) is 0.674. The van der Waals surface area contributed by atoms with Gasteiger partial charge in [0.1, 0.15) is 5.56 Å². The summed E-state index contributed by atoms with van der Waals surface area (Å²) < 4.78 is 44.9. The second kappa shape index (κ2) is 5.77. The summed E-state index contributed by atoms with van der Waals surface area (Å²) in [4.78, 5) is 22.3. The van der Waals surface area contributed by atoms with Crippen LogP contribution in [0.25, 0.3) is 10.9 Å². The number of nitrogens with zero attached hydrogens (tertiary/aromatic N) is 1. The van der Waals surface area contributed by atoms with Crippen LogP contribution in [0.3, 0.4) is 0 Å². The second-order valence-corrected chi connectivity index (χ2v) is 4.35. The molecule has 8 nitrogen and oxygen atoms in total. The van der Waals surface area contributed by atoms with E-state index in [4.69, 9.17) is 22.6 Å². The Balaban J connectivity index is 0.000000347. The van der Waals surface area contributed by atoms with Crippen LogP contribution in [0.2, 0.25) is 0 Å². The van der Waals surface area contributed by atoms with Gasteiger partial charge >= 0.3 is 16.4 Å². The van der Waals surface area contributed by atoms with Crippen molar-refractivity contribution in [2.45, 2.75) is 0 Å². The number of benzene rings is 1. The topological polar surface area (TPSA) is 134 Å². The summed E-state index contributed by atoms with van der Waals surface area (Å²) in [6, 6.07) is 5.91. The van der Waals surface area contributed by atoms with Crippen LogP contribution in [0, 0.1) is 0 Å². The number of halogens is 1. The summed E-state index contributed by atoms with van der Waals surface area (Å²) in [7, 11) is -4.67. The quantitative estimate of drug-likeness (QED) is 0.663. The highest BCUT2D eigenvalue weighted by molar-refractivity contribution is 7.79. The Hall–Kier alpha value is -2.30. The van der Waals surface area contributed by atoms with Crippen LogP contribution in [-0.2, 0) is 10.4 Å². The lowest BCUT2D eigenvalue weighted by molar-refractivity contribution is 0.0693. The van der Waals surface area contributed by atoms with E-state index < -0.39 is 27.4 Å². The van der Waals surface area contributed by atoms with Gasteiger partial charge in [-0.25, -0.2) is 4.79 Å². The molecule has 0 atom stereocenters. The third kappa shape index (κ3) is 4.12. The normalized spacial score (nSPS) is 10.8. The van der Waals surface area contributed by atoms with E-state index in [1.165, 1.54) is 12.1 Å². The van der Waals surface area contributed by atoms with Gasteiger partial charge in [0.2, 0.25) is 5.43 Å². The maximum atomic E-state index is 13.3. The maximum Gasteiger partial charge on any atom is 0.394 e. The molecule has 20 heavy (non-hydrogen) atoms. The molecule has 0 bridgehead atoms. The van der Waals surface area contributed by atoms with Gasteiger partial charge in [0.25, 0.3) is 0 Å². The monoisotopic (exact) mass is 305 g/mol. The van der Waals surface area contributed by atoms with E-state index in [-0.39, 0.29) is 15.7 Å². The van der Waals surface area contributed by atoms with E-state index in [2.05, 4.69) is 0 Å². The van der Waals surface area contributed by atoms with Crippen LogP contribution in [0.4, 0.5) is 4.48 Å². The van der Waals surface area contributed by atoms with Crippen molar-refractivity contribution in [1.29, 1.82) is 0 Å². The highest BCUT2D eigenvalue weighted by Crippen LogP contribution is 2.11. The Bertz CT molecular complexity index is 804. The molecule has 1 heterocycles. The van der Waals surface area contributed by atoms with Crippen molar-refractivity contribution in [1.82, 2.24) is 4.79 Å². The van der Waals surface area contributed by atoms with Crippen molar-refractivity contribution in [2.75, 3.05) is 0 Å². The summed E-state index contributed by atoms with van der Waals surface area (Å²) in [5, 5.41) is 8.73. The molecule has 0 spiro atoms. The van der Waals surface area contributed by atoms with Gasteiger partial charge in [-0.3, -0.25) is 13.9 Å². The smallest absolute Gasteiger partial charge is 0.394 e. The number of para-hydroxylation sites is 1. The average Bonchev–Trinajstić information content (AvgIpc) is 2.31. The summed E-state index contributed by atoms with van der Waals surface area (Å²) >= 11 is 0. The highest BCUT2D eigenvalue weighted by atomic mass is 32.3. The van der Waals surface area contributed by atoms with Gasteiger partial charge < -0.3 is 5.11 Å². The number of rotatable bonds is 1. The Morgan fingerprint density at radius 3 is 2.20 bits per heavy atom. The van der Waals surface area contributed by atoms with E-state index in [0.29, 0.717) is 6.20 Å². The van der Waals surface area contributed by atoms with Gasteiger partial charge in [-0.2, -0.15) is 13.2 Å². The maximum absolute atomic E-state index is 13.3. The van der Waals surface area contributed by atoms with Crippen molar-refractivity contribution < 1.29 is 31.9 Å². The second-order valence-electron chi connectivity index (χ2n) is 3.45. The molecule has 1 aromatic heterocycles. The minimum atomic E-state index is -4.67. The third-order valence-corrected chi connectivity index (χ3v) is 2.10. The number of pyridine rings is 1. The lowest BCUT2D eigenvalue weighted by Gasteiger charge is -2.02. The lowest BCUT2D eigenvalue weighted by Crippen LogP contribution is -2.16. The summed E-state index contributed by atoms with van der Waals surface area (Å²) in [5.41, 5.74) is -1.18. The molecule has 0 amide bonds. The number of hydrogen-bond acceptors (Lipinski definition) is 4. The minimum Gasteiger partial charge on any atom is -0.477 e. The zero-order valence-electron chi connectivity index (χ0n) is 9.59. The van der Waals surface area contributed by atoms with Gasteiger partial charge in [0.15, 0.2) is 0 Å². The van der Waals surface area contributed by atoms with Crippen molar-refractivity contribution in [3.05, 3.63) is 46.2 Å². The molecule has 2 rings (SSSR count). The molecule has 0 radical (unpaired) electrons. The predicted molar refractivity (Wildman–Crippen MR) is 65.9 cm³/mol. The van der Waals surface area contributed by atoms with Crippen LogP contribution >= 0.6 is 0 Å². The van der Waals surface area contributed by atoms with Gasteiger partial charge in [0, 0.05) is 5.39 Å². The van der Waals surface area contributed by atoms with Crippen LogP contribution in [-0.4, -0.2) is 33.4 Å². The number of carbonyl (C=O) groups is 1. The number of carboxylic acid groups (broad SMARTS) is 1. The van der Waals surface area contributed by atoms with Gasteiger partial charge in [-0.05, 0) is 12.1 Å². The van der Waals surface area contributed by atoms with Crippen molar-refractivity contribution >= 4 is 27.3 Å². The number of aromatic nitrogens is 1. The van der Waals surface area contributed by atoms with E-state index in [0.717, 1.165) is 0 Å². The number of fused-ring (bicyclic) bond motifs is 1. The van der Waals surface area contributed by atoms with E-state index >= 15 is 0 Å². The molecule has 0 aliphatic carbocycles. The Morgan fingerprint density at radius 2 is 1.70 bits per heavy atom. The van der Waals surface area contributed by atoms with Crippen LogP contribution in [0.1, 0.15) is 10.4 Å². The minimum absolute atomic E-state index is 0.0555. The molecule has 0 fully saturated rings. The van der Waals surface area contributed by atoms with Crippen LogP contribution in [0.15, 0.2) is 35.3 Å². The van der Waals surface area contributed by atoms with Crippen molar-refractivity contribution in [3.8, 4) is 0 Å². The van der Waals surface area contributed by atoms with E-state index in [9.17, 15) is 14.1 Å². The highest BCUT2D eigenvalue weighted by Gasteiger charge is 2.13. The summed E-state index contributed by atoms with van der Waals surface area (Å²) in [5.74, 6) is -1.43. The molecule has 0 saturated heterocycles.